The highest BCUT2D eigenvalue weighted by atomic mass is 35.5. The van der Waals surface area contributed by atoms with E-state index in [-0.39, 0.29) is 11.5 Å². The first-order valence-electron chi connectivity index (χ1n) is 7.67. The van der Waals surface area contributed by atoms with Crippen molar-refractivity contribution in [2.45, 2.75) is 19.8 Å². The quantitative estimate of drug-likeness (QED) is 0.467. The van der Waals surface area contributed by atoms with Gasteiger partial charge in [0, 0.05) is 17.5 Å². The van der Waals surface area contributed by atoms with E-state index in [0.29, 0.717) is 16.3 Å². The number of nitrogens with two attached hydrogens (primary N) is 1. The van der Waals surface area contributed by atoms with Gasteiger partial charge in [-0.1, -0.05) is 48.0 Å². The zero-order valence-corrected chi connectivity index (χ0v) is 15.0. The van der Waals surface area contributed by atoms with Crippen LogP contribution < -0.4 is 11.2 Å². The maximum atomic E-state index is 13.2. The number of alkyl halides is 2. The molecule has 0 saturated heterocycles. The van der Waals surface area contributed by atoms with Gasteiger partial charge in [0.2, 0.25) is 5.96 Å². The number of benzene rings is 2. The van der Waals surface area contributed by atoms with Crippen LogP contribution >= 0.6 is 11.6 Å². The van der Waals surface area contributed by atoms with Crippen molar-refractivity contribution in [2.24, 2.45) is 21.0 Å². The lowest BCUT2D eigenvalue weighted by Crippen LogP contribution is -2.26. The van der Waals surface area contributed by atoms with Gasteiger partial charge < -0.3 is 5.73 Å². The smallest absolute Gasteiger partial charge is 0.270 e. The van der Waals surface area contributed by atoms with Crippen molar-refractivity contribution < 1.29 is 8.78 Å². The fourth-order valence-corrected chi connectivity index (χ4v) is 2.06. The van der Waals surface area contributed by atoms with Crippen LogP contribution in [0.2, 0.25) is 5.02 Å². The molecular formula is C18H18ClF2N5. The largest absolute Gasteiger partial charge is 0.367 e. The number of halogens is 3. The molecule has 2 rings (SSSR count). The van der Waals surface area contributed by atoms with E-state index >= 15 is 0 Å². The minimum absolute atomic E-state index is 0.00808. The number of hydrogen-bond donors (Lipinski definition) is 2. The van der Waals surface area contributed by atoms with Crippen LogP contribution in [0.25, 0.3) is 0 Å². The Morgan fingerprint density at radius 2 is 1.69 bits per heavy atom. The molecule has 0 fully saturated rings. The van der Waals surface area contributed by atoms with E-state index in [0.717, 1.165) is 12.5 Å². The van der Waals surface area contributed by atoms with E-state index in [2.05, 4.69) is 20.7 Å². The van der Waals surface area contributed by atoms with Gasteiger partial charge in [0.1, 0.15) is 0 Å². The topological polar surface area (TPSA) is 75.1 Å². The first kappa shape index (κ1) is 19.5. The average molecular weight is 378 g/mol. The summed E-state index contributed by atoms with van der Waals surface area (Å²) in [6, 6.07) is 12.9. The highest BCUT2D eigenvalue weighted by Gasteiger charge is 2.23. The molecule has 0 aliphatic carbocycles. The van der Waals surface area contributed by atoms with Gasteiger partial charge in [0.15, 0.2) is 0 Å². The molecule has 0 aliphatic heterocycles. The number of nitrogens with one attached hydrogen (secondary N) is 1. The van der Waals surface area contributed by atoms with Crippen LogP contribution in [0.15, 0.2) is 63.8 Å². The van der Waals surface area contributed by atoms with Crippen LogP contribution in [0.4, 0.5) is 8.78 Å². The molecule has 3 N–H and O–H groups in total. The number of hydrazone groups is 1. The summed E-state index contributed by atoms with van der Waals surface area (Å²) in [6.07, 6.45) is 1.55. The second-order valence-corrected chi connectivity index (χ2v) is 5.99. The summed E-state index contributed by atoms with van der Waals surface area (Å²) in [5.74, 6) is -2.88. The van der Waals surface area contributed by atoms with Gasteiger partial charge in [-0.05, 0) is 30.2 Å². The van der Waals surface area contributed by atoms with Crippen molar-refractivity contribution >= 4 is 29.5 Å². The third-order valence-corrected chi connectivity index (χ3v) is 3.63. The molecule has 0 atom stereocenters. The van der Waals surface area contributed by atoms with Gasteiger partial charge in [-0.3, -0.25) is 0 Å². The minimum Gasteiger partial charge on any atom is -0.367 e. The van der Waals surface area contributed by atoms with Crippen molar-refractivity contribution in [1.82, 2.24) is 5.43 Å². The maximum Gasteiger partial charge on any atom is 0.270 e. The summed E-state index contributed by atoms with van der Waals surface area (Å²) in [5, 5.41) is 12.3. The Balaban J connectivity index is 1.98. The molecule has 0 spiro atoms. The van der Waals surface area contributed by atoms with E-state index in [1.165, 1.54) is 12.1 Å². The molecule has 2 aromatic carbocycles. The molecule has 0 aliphatic rings. The minimum atomic E-state index is -2.88. The molecule has 0 amide bonds. The Bertz CT molecular complexity index is 822. The number of rotatable bonds is 5. The molecule has 0 unspecified atom stereocenters. The zero-order chi connectivity index (χ0) is 19.2. The standard InChI is InChI=1S/C18H18ClF2N5/c1-12(14-5-7-15(8-6-14)18(2,20)21)24-26-17(22)25-23-11-13-3-9-16(19)10-4-13/h3-11H,1-2H3,(H3,22,25,26)/b23-11+,24-12+. The lowest BCUT2D eigenvalue weighted by molar-refractivity contribution is 0.0175. The lowest BCUT2D eigenvalue weighted by atomic mass is 10.1. The molecular weight excluding hydrogens is 360 g/mol. The van der Waals surface area contributed by atoms with Gasteiger partial charge in [-0.2, -0.15) is 10.2 Å². The Morgan fingerprint density at radius 1 is 1.08 bits per heavy atom. The fraction of sp³-hybridized carbons (Fsp3) is 0.167. The van der Waals surface area contributed by atoms with E-state index in [4.69, 9.17) is 17.3 Å². The third-order valence-electron chi connectivity index (χ3n) is 3.38. The van der Waals surface area contributed by atoms with Crippen LogP contribution in [0.3, 0.4) is 0 Å². The summed E-state index contributed by atoms with van der Waals surface area (Å²) in [4.78, 5) is 0. The van der Waals surface area contributed by atoms with Crippen LogP contribution in [0.1, 0.15) is 30.5 Å². The van der Waals surface area contributed by atoms with E-state index in [9.17, 15) is 8.78 Å². The molecule has 0 radical (unpaired) electrons. The Morgan fingerprint density at radius 3 is 2.27 bits per heavy atom. The van der Waals surface area contributed by atoms with Crippen molar-refractivity contribution in [1.29, 1.82) is 0 Å². The molecule has 136 valence electrons. The van der Waals surface area contributed by atoms with Gasteiger partial charge >= 0.3 is 0 Å². The fourth-order valence-electron chi connectivity index (χ4n) is 1.93. The summed E-state index contributed by atoms with van der Waals surface area (Å²) >= 11 is 5.80. The first-order chi connectivity index (χ1) is 12.3. The lowest BCUT2D eigenvalue weighted by Gasteiger charge is -2.10. The molecule has 5 nitrogen and oxygen atoms in total. The van der Waals surface area contributed by atoms with Crippen LogP contribution in [0, 0.1) is 0 Å². The summed E-state index contributed by atoms with van der Waals surface area (Å²) < 4.78 is 26.4. The highest BCUT2D eigenvalue weighted by Crippen LogP contribution is 2.26. The van der Waals surface area contributed by atoms with E-state index in [1.807, 2.05) is 0 Å². The van der Waals surface area contributed by atoms with Crippen molar-refractivity contribution in [2.75, 3.05) is 0 Å². The summed E-state index contributed by atoms with van der Waals surface area (Å²) in [7, 11) is 0. The monoisotopic (exact) mass is 377 g/mol. The van der Waals surface area contributed by atoms with Gasteiger partial charge in [-0.25, -0.2) is 14.2 Å². The maximum absolute atomic E-state index is 13.2. The Labute approximate surface area is 155 Å². The van der Waals surface area contributed by atoms with Gasteiger partial charge in [-0.15, -0.1) is 5.10 Å². The number of guanidine groups is 1. The Hall–Kier alpha value is -2.80. The SMILES string of the molecule is C/C(=N\N=C(N)N/N=C/c1ccc(Cl)cc1)c1ccc(C(C)(F)F)cc1. The zero-order valence-electron chi connectivity index (χ0n) is 14.2. The van der Waals surface area contributed by atoms with Crippen LogP contribution in [0.5, 0.6) is 0 Å². The molecule has 0 bridgehead atoms. The number of nitrogens with zero attached hydrogens (tertiary/aromatic N) is 3. The van der Waals surface area contributed by atoms with Gasteiger partial charge in [0.05, 0.1) is 11.9 Å². The van der Waals surface area contributed by atoms with E-state index in [1.54, 1.807) is 49.5 Å². The summed E-state index contributed by atoms with van der Waals surface area (Å²) in [5.41, 5.74) is 10.2. The molecule has 2 aromatic rings. The average Bonchev–Trinajstić information content (AvgIpc) is 2.61. The van der Waals surface area contributed by atoms with Gasteiger partial charge in [0.25, 0.3) is 5.92 Å². The number of hydrogen-bond acceptors (Lipinski definition) is 3. The summed E-state index contributed by atoms with van der Waals surface area (Å²) in [6.45, 7) is 2.55. The second kappa shape index (κ2) is 8.53. The van der Waals surface area contributed by atoms with Crippen LogP contribution in [-0.4, -0.2) is 17.9 Å². The van der Waals surface area contributed by atoms with Crippen molar-refractivity contribution in [3.05, 3.63) is 70.2 Å². The molecule has 26 heavy (non-hydrogen) atoms. The molecule has 8 heteroatoms. The predicted molar refractivity (Wildman–Crippen MR) is 102 cm³/mol. The molecule has 0 aromatic heterocycles. The van der Waals surface area contributed by atoms with Crippen molar-refractivity contribution in [3.8, 4) is 0 Å². The predicted octanol–water partition coefficient (Wildman–Crippen LogP) is 4.11. The second-order valence-electron chi connectivity index (χ2n) is 5.56. The van der Waals surface area contributed by atoms with E-state index < -0.39 is 5.92 Å². The van der Waals surface area contributed by atoms with Crippen molar-refractivity contribution in [3.63, 3.8) is 0 Å². The highest BCUT2D eigenvalue weighted by molar-refractivity contribution is 6.30. The molecule has 0 heterocycles. The first-order valence-corrected chi connectivity index (χ1v) is 8.04. The third kappa shape index (κ3) is 5.93. The van der Waals surface area contributed by atoms with Crippen LogP contribution in [-0.2, 0) is 5.92 Å². The Kier molecular flexibility index (Phi) is 6.41. The molecule has 0 saturated carbocycles. The normalized spacial score (nSPS) is 13.3.